The van der Waals surface area contributed by atoms with Crippen LogP contribution in [0, 0.1) is 0 Å². The number of esters is 1. The zero-order valence-electron chi connectivity index (χ0n) is 18.0. The second kappa shape index (κ2) is 10.2. The fourth-order valence-corrected chi connectivity index (χ4v) is 3.11. The molecule has 0 bridgehead atoms. The van der Waals surface area contributed by atoms with Crippen LogP contribution in [0.2, 0.25) is 0 Å². The highest BCUT2D eigenvalue weighted by Gasteiger charge is 2.16. The number of nitrogens with zero attached hydrogens (tertiary/aromatic N) is 5. The predicted molar refractivity (Wildman–Crippen MR) is 124 cm³/mol. The highest BCUT2D eigenvalue weighted by molar-refractivity contribution is 5.93. The van der Waals surface area contributed by atoms with Gasteiger partial charge in [0.15, 0.2) is 6.61 Å². The Balaban J connectivity index is 1.43. The van der Waals surface area contributed by atoms with E-state index in [1.54, 1.807) is 36.3 Å². The number of nitrogens with one attached hydrogen (secondary N) is 1. The molecule has 2 heterocycles. The van der Waals surface area contributed by atoms with Crippen LogP contribution >= 0.6 is 0 Å². The van der Waals surface area contributed by atoms with Crippen LogP contribution in [0.5, 0.6) is 0 Å². The van der Waals surface area contributed by atoms with E-state index in [1.165, 1.54) is 4.90 Å². The van der Waals surface area contributed by atoms with Gasteiger partial charge in [0.05, 0.1) is 11.4 Å². The molecule has 33 heavy (non-hydrogen) atoms. The van der Waals surface area contributed by atoms with Crippen molar-refractivity contribution in [1.29, 1.82) is 0 Å². The third-order valence-electron chi connectivity index (χ3n) is 4.67. The van der Waals surface area contributed by atoms with Gasteiger partial charge in [0.2, 0.25) is 5.95 Å². The molecule has 4 aromatic rings. The van der Waals surface area contributed by atoms with E-state index in [2.05, 4.69) is 20.4 Å². The normalized spacial score (nSPS) is 10.5. The van der Waals surface area contributed by atoms with Crippen molar-refractivity contribution in [2.75, 3.05) is 30.4 Å². The van der Waals surface area contributed by atoms with E-state index in [-0.39, 0.29) is 6.54 Å². The average molecular weight is 442 g/mol. The molecule has 4 rings (SSSR count). The van der Waals surface area contributed by atoms with Crippen LogP contribution in [0.3, 0.4) is 0 Å². The average Bonchev–Trinajstić information content (AvgIpc) is 3.28. The third-order valence-corrected chi connectivity index (χ3v) is 4.67. The topological polar surface area (TPSA) is 102 Å². The van der Waals surface area contributed by atoms with Gasteiger partial charge in [-0.05, 0) is 18.2 Å². The minimum Gasteiger partial charge on any atom is -0.454 e. The standard InChI is InChI=1S/C24H22N6O3/c1-29(24-25-13-8-14-26-24)16-23(32)33-17-22(31)27-21-15-20(18-9-4-2-5-10-18)28-30(21)19-11-6-3-7-12-19/h2-15H,16-17H2,1H3,(H,27,31). The van der Waals surface area contributed by atoms with Gasteiger partial charge < -0.3 is 15.0 Å². The molecule has 0 aliphatic carbocycles. The maximum Gasteiger partial charge on any atom is 0.326 e. The fraction of sp³-hybridized carbons (Fsp3) is 0.125. The number of likely N-dealkylation sites (N-methyl/N-ethyl adjacent to an activating group) is 1. The summed E-state index contributed by atoms with van der Waals surface area (Å²) in [5.41, 5.74) is 2.41. The number of carbonyl (C=O) groups is 2. The number of amides is 1. The molecule has 166 valence electrons. The maximum atomic E-state index is 12.5. The maximum absolute atomic E-state index is 12.5. The number of ether oxygens (including phenoxy) is 1. The van der Waals surface area contributed by atoms with Crippen LogP contribution in [-0.4, -0.2) is 51.8 Å². The summed E-state index contributed by atoms with van der Waals surface area (Å²) in [4.78, 5) is 34.4. The molecular weight excluding hydrogens is 420 g/mol. The molecule has 0 aliphatic rings. The minimum atomic E-state index is -0.568. The highest BCUT2D eigenvalue weighted by atomic mass is 16.5. The Bertz CT molecular complexity index is 1210. The number of carbonyl (C=O) groups excluding carboxylic acids is 2. The first-order valence-electron chi connectivity index (χ1n) is 10.2. The predicted octanol–water partition coefficient (Wildman–Crippen LogP) is 2.95. The molecule has 0 radical (unpaired) electrons. The van der Waals surface area contributed by atoms with Crippen LogP contribution < -0.4 is 10.2 Å². The highest BCUT2D eigenvalue weighted by Crippen LogP contribution is 2.24. The van der Waals surface area contributed by atoms with E-state index in [1.807, 2.05) is 60.7 Å². The van der Waals surface area contributed by atoms with Crippen LogP contribution in [0.25, 0.3) is 16.9 Å². The van der Waals surface area contributed by atoms with E-state index in [9.17, 15) is 9.59 Å². The Morgan fingerprint density at radius 2 is 1.64 bits per heavy atom. The van der Waals surface area contributed by atoms with Gasteiger partial charge in [-0.25, -0.2) is 14.6 Å². The van der Waals surface area contributed by atoms with Gasteiger partial charge in [0.1, 0.15) is 12.4 Å². The summed E-state index contributed by atoms with van der Waals surface area (Å²) >= 11 is 0. The first-order chi connectivity index (χ1) is 16.1. The second-order valence-corrected chi connectivity index (χ2v) is 7.14. The summed E-state index contributed by atoms with van der Waals surface area (Å²) in [6.45, 7) is -0.514. The first-order valence-corrected chi connectivity index (χ1v) is 10.2. The molecule has 0 unspecified atom stereocenters. The van der Waals surface area contributed by atoms with E-state index < -0.39 is 18.5 Å². The lowest BCUT2D eigenvalue weighted by molar-refractivity contribution is -0.145. The molecule has 9 nitrogen and oxygen atoms in total. The molecule has 0 saturated heterocycles. The van der Waals surface area contributed by atoms with Gasteiger partial charge in [0.25, 0.3) is 5.91 Å². The number of benzene rings is 2. The summed E-state index contributed by atoms with van der Waals surface area (Å²) in [6.07, 6.45) is 3.16. The number of hydrogen-bond donors (Lipinski definition) is 1. The van der Waals surface area contributed by atoms with Crippen molar-refractivity contribution in [1.82, 2.24) is 19.7 Å². The Labute approximate surface area is 190 Å². The monoisotopic (exact) mass is 442 g/mol. The number of aromatic nitrogens is 4. The summed E-state index contributed by atoms with van der Waals surface area (Å²) in [5, 5.41) is 7.43. The van der Waals surface area contributed by atoms with Crippen LogP contribution in [0.4, 0.5) is 11.8 Å². The van der Waals surface area contributed by atoms with Crippen molar-refractivity contribution in [3.8, 4) is 16.9 Å². The summed E-state index contributed by atoms with van der Waals surface area (Å²) in [7, 11) is 1.67. The van der Waals surface area contributed by atoms with Crippen molar-refractivity contribution >= 4 is 23.6 Å². The third kappa shape index (κ3) is 5.59. The Morgan fingerprint density at radius 3 is 2.33 bits per heavy atom. The molecule has 0 atom stereocenters. The molecule has 2 aromatic carbocycles. The number of anilines is 2. The van der Waals surface area contributed by atoms with Crippen molar-refractivity contribution < 1.29 is 14.3 Å². The molecule has 0 fully saturated rings. The van der Waals surface area contributed by atoms with Gasteiger partial charge in [-0.1, -0.05) is 48.5 Å². The van der Waals surface area contributed by atoms with Gasteiger partial charge in [-0.2, -0.15) is 5.10 Å². The van der Waals surface area contributed by atoms with E-state index in [0.29, 0.717) is 17.5 Å². The largest absolute Gasteiger partial charge is 0.454 e. The first kappa shape index (κ1) is 21.7. The quantitative estimate of drug-likeness (QED) is 0.419. The van der Waals surface area contributed by atoms with Gasteiger partial charge in [0, 0.05) is 31.1 Å². The SMILES string of the molecule is CN(CC(=O)OCC(=O)Nc1cc(-c2ccccc2)nn1-c1ccccc1)c1ncccn1. The fourth-order valence-electron chi connectivity index (χ4n) is 3.11. The lowest BCUT2D eigenvalue weighted by Crippen LogP contribution is -2.30. The number of rotatable bonds is 8. The summed E-state index contributed by atoms with van der Waals surface area (Å²) in [5.74, 6) is -0.185. The summed E-state index contributed by atoms with van der Waals surface area (Å²) in [6, 6.07) is 22.6. The Hall–Kier alpha value is -4.53. The van der Waals surface area contributed by atoms with E-state index in [0.717, 1.165) is 11.3 Å². The van der Waals surface area contributed by atoms with Crippen LogP contribution in [0.15, 0.2) is 85.2 Å². The van der Waals surface area contributed by atoms with Crippen molar-refractivity contribution in [3.05, 3.63) is 85.2 Å². The number of para-hydroxylation sites is 1. The van der Waals surface area contributed by atoms with Crippen LogP contribution in [0.1, 0.15) is 0 Å². The Morgan fingerprint density at radius 1 is 0.970 bits per heavy atom. The molecule has 9 heteroatoms. The summed E-state index contributed by atoms with van der Waals surface area (Å²) < 4.78 is 6.77. The van der Waals surface area contributed by atoms with Gasteiger partial charge in [-0.3, -0.25) is 9.59 Å². The zero-order chi connectivity index (χ0) is 23.0. The molecule has 0 aliphatic heterocycles. The smallest absolute Gasteiger partial charge is 0.326 e. The van der Waals surface area contributed by atoms with E-state index >= 15 is 0 Å². The van der Waals surface area contributed by atoms with E-state index in [4.69, 9.17) is 4.74 Å². The molecule has 1 amide bonds. The minimum absolute atomic E-state index is 0.0859. The van der Waals surface area contributed by atoms with Crippen molar-refractivity contribution in [2.24, 2.45) is 0 Å². The van der Waals surface area contributed by atoms with Crippen LogP contribution in [-0.2, 0) is 14.3 Å². The molecule has 0 spiro atoms. The van der Waals surface area contributed by atoms with Gasteiger partial charge >= 0.3 is 5.97 Å². The molecule has 0 saturated carbocycles. The zero-order valence-corrected chi connectivity index (χ0v) is 18.0. The Kier molecular flexibility index (Phi) is 6.70. The van der Waals surface area contributed by atoms with Crippen molar-refractivity contribution in [2.45, 2.75) is 0 Å². The lowest BCUT2D eigenvalue weighted by Gasteiger charge is -2.15. The molecular formula is C24H22N6O3. The molecule has 2 aromatic heterocycles. The van der Waals surface area contributed by atoms with Crippen molar-refractivity contribution in [3.63, 3.8) is 0 Å². The number of hydrogen-bond acceptors (Lipinski definition) is 7. The lowest BCUT2D eigenvalue weighted by atomic mass is 10.2. The molecule has 1 N–H and O–H groups in total. The van der Waals surface area contributed by atoms with Gasteiger partial charge in [-0.15, -0.1) is 0 Å². The second-order valence-electron chi connectivity index (χ2n) is 7.14.